The van der Waals surface area contributed by atoms with E-state index in [0.29, 0.717) is 0 Å². The molecule has 2 amide bonds. The van der Waals surface area contributed by atoms with E-state index in [-0.39, 0.29) is 11.1 Å². The van der Waals surface area contributed by atoms with Gasteiger partial charge in [-0.3, -0.25) is 20.2 Å². The molecule has 0 aliphatic rings. The minimum Gasteiger partial charge on any atom is -0.333 e. The van der Waals surface area contributed by atoms with Gasteiger partial charge in [0.25, 0.3) is 11.8 Å². The van der Waals surface area contributed by atoms with E-state index >= 15 is 0 Å². The van der Waals surface area contributed by atoms with Crippen LogP contribution in [0.2, 0.25) is 0 Å². The second-order valence-corrected chi connectivity index (χ2v) is 4.31. The van der Waals surface area contributed by atoms with Crippen LogP contribution in [0.4, 0.5) is 0 Å². The molecule has 0 radical (unpaired) electrons. The van der Waals surface area contributed by atoms with Crippen molar-refractivity contribution in [2.75, 3.05) is 7.05 Å². The molecule has 0 spiro atoms. The third-order valence-electron chi connectivity index (χ3n) is 2.65. The summed E-state index contributed by atoms with van der Waals surface area (Å²) in [6.07, 6.45) is 0. The van der Waals surface area contributed by atoms with Crippen molar-refractivity contribution in [3.05, 3.63) is 71.8 Å². The fraction of sp³-hybridized carbons (Fsp3) is 0.125. The lowest BCUT2D eigenvalue weighted by molar-refractivity contribution is -0.190. The molecule has 0 unspecified atom stereocenters. The van der Waals surface area contributed by atoms with Gasteiger partial charge in [0, 0.05) is 11.1 Å². The maximum atomic E-state index is 11.8. The minimum atomic E-state index is -2.85. The number of carbonyl (C=O) groups is 2. The number of rotatable bonds is 4. The summed E-state index contributed by atoms with van der Waals surface area (Å²) in [5.74, 6) is -1.46. The zero-order valence-corrected chi connectivity index (χ0v) is 12.6. The van der Waals surface area contributed by atoms with Crippen LogP contribution < -0.4 is 16.4 Å². The van der Waals surface area contributed by atoms with Crippen LogP contribution in [0.5, 0.6) is 0 Å². The SMILES string of the molecule is CN.O=C(NC(O)(O)NC(=O)c1ccccc1)c1ccccc1. The van der Waals surface area contributed by atoms with Gasteiger partial charge in [-0.05, 0) is 31.3 Å². The van der Waals surface area contributed by atoms with Crippen LogP contribution in [0.15, 0.2) is 60.7 Å². The third kappa shape index (κ3) is 5.87. The Bertz CT molecular complexity index is 575. The quantitative estimate of drug-likeness (QED) is 0.508. The lowest BCUT2D eigenvalue weighted by Gasteiger charge is -2.23. The predicted octanol–water partition coefficient (Wildman–Crippen LogP) is 0.0172. The van der Waals surface area contributed by atoms with E-state index in [1.54, 1.807) is 36.4 Å². The lowest BCUT2D eigenvalue weighted by atomic mass is 10.2. The summed E-state index contributed by atoms with van der Waals surface area (Å²) in [5, 5.41) is 23.2. The highest BCUT2D eigenvalue weighted by Crippen LogP contribution is 2.03. The van der Waals surface area contributed by atoms with Gasteiger partial charge in [0.2, 0.25) is 0 Å². The summed E-state index contributed by atoms with van der Waals surface area (Å²) >= 11 is 0. The first-order valence-electron chi connectivity index (χ1n) is 6.75. The first-order valence-corrected chi connectivity index (χ1v) is 6.75. The largest absolute Gasteiger partial charge is 0.337 e. The Morgan fingerprint density at radius 2 is 1.09 bits per heavy atom. The zero-order chi connectivity index (χ0) is 17.3. The van der Waals surface area contributed by atoms with E-state index in [0.717, 1.165) is 0 Å². The van der Waals surface area contributed by atoms with Crippen molar-refractivity contribution in [3.63, 3.8) is 0 Å². The van der Waals surface area contributed by atoms with E-state index in [2.05, 4.69) is 5.73 Å². The highest BCUT2D eigenvalue weighted by atomic mass is 16.6. The summed E-state index contributed by atoms with van der Waals surface area (Å²) < 4.78 is 0. The number of carbonyl (C=O) groups excluding carboxylic acids is 2. The van der Waals surface area contributed by atoms with E-state index in [9.17, 15) is 19.8 Å². The molecule has 6 N–H and O–H groups in total. The number of hydrogen-bond acceptors (Lipinski definition) is 5. The van der Waals surface area contributed by atoms with Crippen LogP contribution in [0.3, 0.4) is 0 Å². The molecule has 0 heterocycles. The van der Waals surface area contributed by atoms with Crippen molar-refractivity contribution in [1.82, 2.24) is 10.6 Å². The van der Waals surface area contributed by atoms with E-state index in [4.69, 9.17) is 0 Å². The Morgan fingerprint density at radius 1 is 0.783 bits per heavy atom. The standard InChI is InChI=1S/C15H14N2O4.CH5N/c18-13(11-7-3-1-4-8-11)16-15(20,21)17-14(19)12-9-5-2-6-10-12;1-2/h1-10,20-21H,(H,16,18)(H,17,19);2H2,1H3. The van der Waals surface area contributed by atoms with Crippen LogP contribution in [-0.4, -0.2) is 35.1 Å². The second-order valence-electron chi connectivity index (χ2n) is 4.31. The van der Waals surface area contributed by atoms with Gasteiger partial charge in [-0.1, -0.05) is 36.4 Å². The Balaban J connectivity index is 0.00000127. The molecule has 0 fully saturated rings. The van der Waals surface area contributed by atoms with Gasteiger partial charge in [-0.25, -0.2) is 0 Å². The molecule has 0 aliphatic carbocycles. The Hall–Kier alpha value is -2.74. The summed E-state index contributed by atoms with van der Waals surface area (Å²) in [5.41, 5.74) is 4.97. The maximum absolute atomic E-state index is 11.8. The third-order valence-corrected chi connectivity index (χ3v) is 2.65. The predicted molar refractivity (Wildman–Crippen MR) is 85.1 cm³/mol. The summed E-state index contributed by atoms with van der Waals surface area (Å²) in [7, 11) is 1.50. The van der Waals surface area contributed by atoms with Crippen LogP contribution in [-0.2, 0) is 0 Å². The van der Waals surface area contributed by atoms with Crippen molar-refractivity contribution < 1.29 is 19.8 Å². The summed E-state index contributed by atoms with van der Waals surface area (Å²) in [6, 6.07) is 13.1. The number of aliphatic hydroxyl groups is 2. The highest BCUT2D eigenvalue weighted by molar-refractivity contribution is 5.96. The fourth-order valence-electron chi connectivity index (χ4n) is 1.67. The van der Waals surface area contributed by atoms with Gasteiger partial charge in [-0.2, -0.15) is 0 Å². The number of hydrogen-bond donors (Lipinski definition) is 5. The minimum absolute atomic E-state index is 0.235. The molecule has 2 aromatic rings. The van der Waals surface area contributed by atoms with E-state index in [1.165, 1.54) is 31.3 Å². The molecule has 0 bridgehead atoms. The zero-order valence-electron chi connectivity index (χ0n) is 12.6. The van der Waals surface area contributed by atoms with Crippen molar-refractivity contribution >= 4 is 11.8 Å². The normalized spacial score (nSPS) is 10.1. The molecule has 0 saturated heterocycles. The highest BCUT2D eigenvalue weighted by Gasteiger charge is 2.28. The van der Waals surface area contributed by atoms with Crippen LogP contribution in [0.25, 0.3) is 0 Å². The average Bonchev–Trinajstić information content (AvgIpc) is 2.57. The monoisotopic (exact) mass is 317 g/mol. The second kappa shape index (κ2) is 8.64. The topological polar surface area (TPSA) is 125 Å². The van der Waals surface area contributed by atoms with Gasteiger partial charge in [-0.15, -0.1) is 0 Å². The molecule has 122 valence electrons. The number of nitrogens with one attached hydrogen (secondary N) is 2. The van der Waals surface area contributed by atoms with Crippen molar-refractivity contribution in [2.24, 2.45) is 5.73 Å². The van der Waals surface area contributed by atoms with Crippen molar-refractivity contribution in [3.8, 4) is 0 Å². The van der Waals surface area contributed by atoms with Crippen LogP contribution in [0.1, 0.15) is 20.7 Å². The fourth-order valence-corrected chi connectivity index (χ4v) is 1.67. The van der Waals surface area contributed by atoms with Gasteiger partial charge in [0.05, 0.1) is 0 Å². The molecule has 0 aromatic heterocycles. The molecule has 2 rings (SSSR count). The Labute approximate surface area is 133 Å². The van der Waals surface area contributed by atoms with Crippen LogP contribution in [0, 0.1) is 0 Å². The molecule has 2 aromatic carbocycles. The van der Waals surface area contributed by atoms with Crippen LogP contribution >= 0.6 is 0 Å². The van der Waals surface area contributed by atoms with Gasteiger partial charge >= 0.3 is 6.03 Å². The molecular weight excluding hydrogens is 298 g/mol. The van der Waals surface area contributed by atoms with E-state index in [1.807, 2.05) is 10.6 Å². The first kappa shape index (κ1) is 18.3. The van der Waals surface area contributed by atoms with Crippen molar-refractivity contribution in [2.45, 2.75) is 6.03 Å². The number of nitrogens with two attached hydrogens (primary N) is 1. The molecule has 7 heteroatoms. The average molecular weight is 317 g/mol. The molecule has 0 atom stereocenters. The number of amides is 2. The Kier molecular flexibility index (Phi) is 6.88. The summed E-state index contributed by atoms with van der Waals surface area (Å²) in [4.78, 5) is 23.6. The molecule has 0 aliphatic heterocycles. The molecule has 23 heavy (non-hydrogen) atoms. The molecular formula is C16H19N3O4. The van der Waals surface area contributed by atoms with Gasteiger partial charge in [0.1, 0.15) is 0 Å². The molecule has 0 saturated carbocycles. The van der Waals surface area contributed by atoms with Gasteiger partial charge < -0.3 is 15.9 Å². The maximum Gasteiger partial charge on any atom is 0.337 e. The van der Waals surface area contributed by atoms with E-state index < -0.39 is 17.8 Å². The lowest BCUT2D eigenvalue weighted by Crippen LogP contribution is -2.60. The Morgan fingerprint density at radius 3 is 1.39 bits per heavy atom. The first-order chi connectivity index (χ1) is 11.0. The molecule has 7 nitrogen and oxygen atoms in total. The summed E-state index contributed by atoms with van der Waals surface area (Å²) in [6.45, 7) is 0. The van der Waals surface area contributed by atoms with Gasteiger partial charge in [0.15, 0.2) is 0 Å². The van der Waals surface area contributed by atoms with Crippen molar-refractivity contribution in [1.29, 1.82) is 0 Å². The number of benzene rings is 2. The smallest absolute Gasteiger partial charge is 0.333 e.